The summed E-state index contributed by atoms with van der Waals surface area (Å²) in [4.78, 5) is 25.6. The Bertz CT molecular complexity index is 811. The zero-order valence-corrected chi connectivity index (χ0v) is 17.2. The van der Waals surface area contributed by atoms with Crippen LogP contribution in [-0.2, 0) is 6.42 Å². The number of likely N-dealkylation sites (tertiary alicyclic amines) is 2. The van der Waals surface area contributed by atoms with Crippen molar-refractivity contribution in [3.8, 4) is 6.01 Å². The van der Waals surface area contributed by atoms with Gasteiger partial charge in [0.1, 0.15) is 0 Å². The number of hydrogen-bond acceptors (Lipinski definition) is 5. The highest BCUT2D eigenvalue weighted by Crippen LogP contribution is 2.39. The number of carbonyl (C=O) groups excluding carboxylic acids is 1. The molecule has 154 valence electrons. The van der Waals surface area contributed by atoms with Crippen LogP contribution >= 0.6 is 0 Å². The summed E-state index contributed by atoms with van der Waals surface area (Å²) in [7, 11) is 1.52. The zero-order chi connectivity index (χ0) is 20.1. The number of ether oxygens (including phenoxy) is 1. The highest BCUT2D eigenvalue weighted by atomic mass is 16.5. The molecule has 29 heavy (non-hydrogen) atoms. The molecule has 2 saturated heterocycles. The SMILES string of the molecule is COc1ncc(C(=O)N2CCC3(CCCN(CCCc4ccccc4)C3)C2)cn1. The normalized spacial score (nSPS) is 22.2. The maximum absolute atomic E-state index is 12.9. The van der Waals surface area contributed by atoms with Crippen molar-refractivity contribution in [2.45, 2.75) is 32.1 Å². The Morgan fingerprint density at radius 2 is 1.90 bits per heavy atom. The van der Waals surface area contributed by atoms with Gasteiger partial charge in [-0.2, -0.15) is 0 Å². The molecule has 1 atom stereocenters. The summed E-state index contributed by atoms with van der Waals surface area (Å²) in [5, 5.41) is 0. The lowest BCUT2D eigenvalue weighted by Crippen LogP contribution is -2.45. The van der Waals surface area contributed by atoms with Gasteiger partial charge < -0.3 is 14.5 Å². The fourth-order valence-electron chi connectivity index (χ4n) is 4.81. The van der Waals surface area contributed by atoms with E-state index in [1.807, 2.05) is 4.90 Å². The first kappa shape index (κ1) is 19.8. The van der Waals surface area contributed by atoms with Gasteiger partial charge in [-0.3, -0.25) is 4.79 Å². The van der Waals surface area contributed by atoms with Gasteiger partial charge in [0.05, 0.1) is 12.7 Å². The Morgan fingerprint density at radius 1 is 1.10 bits per heavy atom. The molecule has 0 bridgehead atoms. The van der Waals surface area contributed by atoms with E-state index in [1.54, 1.807) is 12.4 Å². The summed E-state index contributed by atoms with van der Waals surface area (Å²) in [6.07, 6.45) is 8.97. The second-order valence-corrected chi connectivity index (χ2v) is 8.40. The number of hydrogen-bond donors (Lipinski definition) is 0. The smallest absolute Gasteiger partial charge is 0.316 e. The molecule has 1 spiro atoms. The van der Waals surface area contributed by atoms with Crippen LogP contribution in [0.5, 0.6) is 6.01 Å². The van der Waals surface area contributed by atoms with Crippen molar-refractivity contribution in [1.29, 1.82) is 0 Å². The number of rotatable bonds is 6. The first-order valence-electron chi connectivity index (χ1n) is 10.6. The van der Waals surface area contributed by atoms with Gasteiger partial charge in [0.15, 0.2) is 0 Å². The van der Waals surface area contributed by atoms with Crippen LogP contribution < -0.4 is 4.74 Å². The summed E-state index contributed by atoms with van der Waals surface area (Å²) in [6, 6.07) is 11.0. The summed E-state index contributed by atoms with van der Waals surface area (Å²) in [5.41, 5.74) is 2.20. The Morgan fingerprint density at radius 3 is 2.66 bits per heavy atom. The van der Waals surface area contributed by atoms with E-state index in [-0.39, 0.29) is 17.3 Å². The molecule has 6 heteroatoms. The second-order valence-electron chi connectivity index (χ2n) is 8.40. The average Bonchev–Trinajstić information content (AvgIpc) is 3.17. The third kappa shape index (κ3) is 4.75. The van der Waals surface area contributed by atoms with Crippen LogP contribution in [0.1, 0.15) is 41.6 Å². The van der Waals surface area contributed by atoms with Gasteiger partial charge in [-0.05, 0) is 50.8 Å². The minimum atomic E-state index is 0.0331. The molecule has 2 aliphatic heterocycles. The lowest BCUT2D eigenvalue weighted by molar-refractivity contribution is 0.0687. The number of nitrogens with zero attached hydrogens (tertiary/aromatic N) is 4. The second kappa shape index (κ2) is 8.91. The summed E-state index contributed by atoms with van der Waals surface area (Å²) in [5.74, 6) is 0.0331. The molecule has 2 aromatic rings. The van der Waals surface area contributed by atoms with Crippen molar-refractivity contribution in [3.63, 3.8) is 0 Å². The molecule has 0 radical (unpaired) electrons. The Kier molecular flexibility index (Phi) is 6.09. The van der Waals surface area contributed by atoms with Crippen molar-refractivity contribution < 1.29 is 9.53 Å². The van der Waals surface area contributed by atoms with Crippen LogP contribution in [0.15, 0.2) is 42.7 Å². The lowest BCUT2D eigenvalue weighted by Gasteiger charge is -2.40. The highest BCUT2D eigenvalue weighted by molar-refractivity contribution is 5.93. The van der Waals surface area contributed by atoms with E-state index >= 15 is 0 Å². The van der Waals surface area contributed by atoms with E-state index in [2.05, 4.69) is 45.2 Å². The minimum Gasteiger partial charge on any atom is -0.467 e. The topological polar surface area (TPSA) is 58.6 Å². The van der Waals surface area contributed by atoms with Crippen molar-refractivity contribution in [2.24, 2.45) is 5.41 Å². The summed E-state index contributed by atoms with van der Waals surface area (Å²) in [6.45, 7) is 5.08. The van der Waals surface area contributed by atoms with Gasteiger partial charge in [0, 0.05) is 37.4 Å². The Hall–Kier alpha value is -2.47. The van der Waals surface area contributed by atoms with Crippen molar-refractivity contribution >= 4 is 5.91 Å². The van der Waals surface area contributed by atoms with Crippen LogP contribution in [0.3, 0.4) is 0 Å². The number of methoxy groups -OCH3 is 1. The Balaban J connectivity index is 1.30. The molecule has 0 saturated carbocycles. The van der Waals surface area contributed by atoms with Gasteiger partial charge >= 0.3 is 6.01 Å². The van der Waals surface area contributed by atoms with Crippen LogP contribution in [0, 0.1) is 5.41 Å². The molecule has 4 rings (SSSR count). The maximum Gasteiger partial charge on any atom is 0.316 e. The third-order valence-corrected chi connectivity index (χ3v) is 6.31. The van der Waals surface area contributed by atoms with Crippen LogP contribution in [0.25, 0.3) is 0 Å². The van der Waals surface area contributed by atoms with Crippen LogP contribution in [-0.4, -0.2) is 65.5 Å². The molecular weight excluding hydrogens is 364 g/mol. The van der Waals surface area contributed by atoms with E-state index in [1.165, 1.54) is 38.5 Å². The largest absolute Gasteiger partial charge is 0.467 e. The fourth-order valence-corrected chi connectivity index (χ4v) is 4.81. The minimum absolute atomic E-state index is 0.0331. The molecule has 2 aliphatic rings. The maximum atomic E-state index is 12.9. The van der Waals surface area contributed by atoms with Crippen molar-refractivity contribution in [2.75, 3.05) is 39.8 Å². The summed E-state index contributed by atoms with van der Waals surface area (Å²) < 4.78 is 4.98. The molecule has 6 nitrogen and oxygen atoms in total. The number of piperidine rings is 1. The van der Waals surface area contributed by atoms with Gasteiger partial charge in [-0.25, -0.2) is 9.97 Å². The molecule has 1 aromatic heterocycles. The van der Waals surface area contributed by atoms with Gasteiger partial charge in [0.25, 0.3) is 5.91 Å². The van der Waals surface area contributed by atoms with E-state index < -0.39 is 0 Å². The molecule has 1 amide bonds. The quantitative estimate of drug-likeness (QED) is 0.754. The van der Waals surface area contributed by atoms with E-state index in [0.717, 1.165) is 39.0 Å². The van der Waals surface area contributed by atoms with Gasteiger partial charge in [0.2, 0.25) is 0 Å². The Labute approximate surface area is 172 Å². The van der Waals surface area contributed by atoms with E-state index in [4.69, 9.17) is 4.74 Å². The predicted octanol–water partition coefficient (Wildman–Crippen LogP) is 3.05. The number of amides is 1. The van der Waals surface area contributed by atoms with Gasteiger partial charge in [-0.1, -0.05) is 30.3 Å². The monoisotopic (exact) mass is 394 g/mol. The molecular formula is C23H30N4O2. The van der Waals surface area contributed by atoms with Crippen molar-refractivity contribution in [1.82, 2.24) is 19.8 Å². The fraction of sp³-hybridized carbons (Fsp3) is 0.522. The summed E-state index contributed by atoms with van der Waals surface area (Å²) >= 11 is 0. The average molecular weight is 395 g/mol. The highest BCUT2D eigenvalue weighted by Gasteiger charge is 2.42. The number of aryl methyl sites for hydroxylation is 1. The third-order valence-electron chi connectivity index (χ3n) is 6.31. The molecule has 3 heterocycles. The predicted molar refractivity (Wildman–Crippen MR) is 112 cm³/mol. The molecule has 1 aromatic carbocycles. The van der Waals surface area contributed by atoms with Crippen LogP contribution in [0.2, 0.25) is 0 Å². The first-order valence-corrected chi connectivity index (χ1v) is 10.6. The van der Waals surface area contributed by atoms with E-state index in [0.29, 0.717) is 5.56 Å². The van der Waals surface area contributed by atoms with Crippen LogP contribution in [0.4, 0.5) is 0 Å². The molecule has 0 aliphatic carbocycles. The number of aromatic nitrogens is 2. The van der Waals surface area contributed by atoms with Gasteiger partial charge in [-0.15, -0.1) is 0 Å². The molecule has 2 fully saturated rings. The molecule has 0 N–H and O–H groups in total. The zero-order valence-electron chi connectivity index (χ0n) is 17.2. The lowest BCUT2D eigenvalue weighted by atomic mass is 9.79. The molecule has 1 unspecified atom stereocenters. The number of carbonyl (C=O) groups is 1. The number of benzene rings is 1. The standard InChI is InChI=1S/C23H30N4O2/c1-29-22-24-15-20(16-25-22)21(28)27-14-11-23(18-27)10-6-13-26(17-23)12-5-9-19-7-3-2-4-8-19/h2-4,7-8,15-16H,5-6,9-14,17-18H2,1H3. The first-order chi connectivity index (χ1) is 14.2. The van der Waals surface area contributed by atoms with Crippen molar-refractivity contribution in [3.05, 3.63) is 53.9 Å². The van der Waals surface area contributed by atoms with E-state index in [9.17, 15) is 4.79 Å².